The summed E-state index contributed by atoms with van der Waals surface area (Å²) in [5, 5.41) is 3.17. The lowest BCUT2D eigenvalue weighted by Crippen LogP contribution is -2.08. The normalized spacial score (nSPS) is 10.6. The second kappa shape index (κ2) is 5.48. The van der Waals surface area contributed by atoms with E-state index in [1.54, 1.807) is 6.20 Å². The molecule has 0 aliphatic rings. The van der Waals surface area contributed by atoms with Crippen molar-refractivity contribution >= 4 is 11.6 Å². The van der Waals surface area contributed by atoms with Gasteiger partial charge in [-0.1, -0.05) is 13.8 Å². The number of aryl methyl sites for hydroxylation is 1. The topological polar surface area (TPSA) is 89.9 Å². The molecular formula is C12H17N5O. The molecule has 96 valence electrons. The molecular weight excluding hydrogens is 230 g/mol. The van der Waals surface area contributed by atoms with Crippen molar-refractivity contribution in [2.45, 2.75) is 33.2 Å². The lowest BCUT2D eigenvalue weighted by Gasteiger charge is -2.09. The van der Waals surface area contributed by atoms with Crippen molar-refractivity contribution in [2.75, 3.05) is 11.1 Å². The first-order valence-corrected chi connectivity index (χ1v) is 6.01. The highest BCUT2D eigenvalue weighted by Gasteiger charge is 2.08. The van der Waals surface area contributed by atoms with Crippen molar-refractivity contribution < 1.29 is 4.42 Å². The minimum absolute atomic E-state index is 0.490. The third-order valence-electron chi connectivity index (χ3n) is 2.69. The molecule has 0 aliphatic heterocycles. The lowest BCUT2D eigenvalue weighted by molar-refractivity contribution is 0.465. The van der Waals surface area contributed by atoms with Gasteiger partial charge in [0.25, 0.3) is 0 Å². The molecule has 6 heteroatoms. The number of nitrogen functional groups attached to an aromatic ring is 1. The van der Waals surface area contributed by atoms with Crippen LogP contribution in [-0.2, 0) is 19.4 Å². The molecule has 3 N–H and O–H groups in total. The van der Waals surface area contributed by atoms with Gasteiger partial charge in [0.15, 0.2) is 0 Å². The van der Waals surface area contributed by atoms with E-state index in [0.717, 1.165) is 30.0 Å². The summed E-state index contributed by atoms with van der Waals surface area (Å²) in [7, 11) is 0. The fraction of sp³-hybridized carbons (Fsp3) is 0.417. The Labute approximate surface area is 106 Å². The van der Waals surface area contributed by atoms with E-state index in [2.05, 4.69) is 20.3 Å². The Morgan fingerprint density at radius 1 is 1.22 bits per heavy atom. The van der Waals surface area contributed by atoms with Gasteiger partial charge < -0.3 is 15.5 Å². The Morgan fingerprint density at radius 3 is 2.72 bits per heavy atom. The number of nitrogens with one attached hydrogen (secondary N) is 1. The van der Waals surface area contributed by atoms with Gasteiger partial charge in [-0.25, -0.2) is 15.0 Å². The minimum Gasteiger partial charge on any atom is -0.444 e. The number of nitrogens with zero attached hydrogens (tertiary/aromatic N) is 3. The zero-order chi connectivity index (χ0) is 13.0. The Bertz CT molecular complexity index is 523. The first kappa shape index (κ1) is 12.3. The van der Waals surface area contributed by atoms with Crippen molar-refractivity contribution in [3.8, 4) is 0 Å². The second-order valence-corrected chi connectivity index (χ2v) is 3.87. The predicted molar refractivity (Wildman–Crippen MR) is 69.0 cm³/mol. The van der Waals surface area contributed by atoms with Gasteiger partial charge in [-0.05, 0) is 6.42 Å². The minimum atomic E-state index is 0.490. The fourth-order valence-electron chi connectivity index (χ4n) is 1.68. The number of nitrogens with two attached hydrogens (primary N) is 1. The highest BCUT2D eigenvalue weighted by atomic mass is 16.4. The van der Waals surface area contributed by atoms with E-state index in [4.69, 9.17) is 10.2 Å². The van der Waals surface area contributed by atoms with Crippen molar-refractivity contribution in [3.63, 3.8) is 0 Å². The lowest BCUT2D eigenvalue weighted by atomic mass is 10.2. The molecule has 0 aromatic carbocycles. The molecule has 0 saturated carbocycles. The van der Waals surface area contributed by atoms with Gasteiger partial charge in [0.05, 0.1) is 12.7 Å². The van der Waals surface area contributed by atoms with Crippen molar-refractivity contribution in [1.29, 1.82) is 0 Å². The van der Waals surface area contributed by atoms with Gasteiger partial charge in [0.2, 0.25) is 5.89 Å². The van der Waals surface area contributed by atoms with Crippen LogP contribution < -0.4 is 11.1 Å². The van der Waals surface area contributed by atoms with Gasteiger partial charge in [-0.3, -0.25) is 0 Å². The first-order chi connectivity index (χ1) is 8.74. The van der Waals surface area contributed by atoms with E-state index >= 15 is 0 Å². The van der Waals surface area contributed by atoms with Gasteiger partial charge in [0, 0.05) is 12.0 Å². The van der Waals surface area contributed by atoms with E-state index in [-0.39, 0.29) is 0 Å². The first-order valence-electron chi connectivity index (χ1n) is 6.01. The molecule has 2 heterocycles. The molecule has 2 rings (SSSR count). The van der Waals surface area contributed by atoms with E-state index in [0.29, 0.717) is 18.3 Å². The maximum Gasteiger partial charge on any atom is 0.213 e. The average molecular weight is 247 g/mol. The highest BCUT2D eigenvalue weighted by molar-refractivity contribution is 5.54. The maximum absolute atomic E-state index is 5.80. The molecule has 6 nitrogen and oxygen atoms in total. The second-order valence-electron chi connectivity index (χ2n) is 3.87. The van der Waals surface area contributed by atoms with Crippen LogP contribution in [0.3, 0.4) is 0 Å². The SMILES string of the molecule is CCc1cnc(CNc2ncnc(N)c2CC)o1. The van der Waals surface area contributed by atoms with E-state index in [9.17, 15) is 0 Å². The Kier molecular flexibility index (Phi) is 3.76. The van der Waals surface area contributed by atoms with Crippen molar-refractivity contribution in [2.24, 2.45) is 0 Å². The summed E-state index contributed by atoms with van der Waals surface area (Å²) in [5.74, 6) is 2.77. The molecule has 0 unspecified atom stereocenters. The van der Waals surface area contributed by atoms with Crippen LogP contribution in [0.5, 0.6) is 0 Å². The van der Waals surface area contributed by atoms with Crippen LogP contribution >= 0.6 is 0 Å². The number of aromatic nitrogens is 3. The van der Waals surface area contributed by atoms with Gasteiger partial charge in [-0.2, -0.15) is 0 Å². The number of hydrogen-bond donors (Lipinski definition) is 2. The Morgan fingerprint density at radius 2 is 2.06 bits per heavy atom. The number of anilines is 2. The summed E-state index contributed by atoms with van der Waals surface area (Å²) in [6, 6.07) is 0. The number of hydrogen-bond acceptors (Lipinski definition) is 6. The van der Waals surface area contributed by atoms with E-state index in [1.165, 1.54) is 6.33 Å². The standard InChI is InChI=1S/C12H17N5O/c1-3-8-5-14-10(18-8)6-15-12-9(4-2)11(13)16-7-17-12/h5,7H,3-4,6H2,1-2H3,(H3,13,15,16,17). The summed E-state index contributed by atoms with van der Waals surface area (Å²) < 4.78 is 5.51. The van der Waals surface area contributed by atoms with Crippen molar-refractivity contribution in [3.05, 3.63) is 29.7 Å². The van der Waals surface area contributed by atoms with Crippen molar-refractivity contribution in [1.82, 2.24) is 15.0 Å². The molecule has 0 radical (unpaired) electrons. The Hall–Kier alpha value is -2.11. The zero-order valence-corrected chi connectivity index (χ0v) is 10.6. The van der Waals surface area contributed by atoms with Crippen LogP contribution in [0, 0.1) is 0 Å². The van der Waals surface area contributed by atoms with Crippen LogP contribution in [0.2, 0.25) is 0 Å². The van der Waals surface area contributed by atoms with Gasteiger partial charge >= 0.3 is 0 Å². The third-order valence-corrected chi connectivity index (χ3v) is 2.69. The molecule has 2 aromatic heterocycles. The number of rotatable bonds is 5. The van der Waals surface area contributed by atoms with Gasteiger partial charge in [0.1, 0.15) is 23.7 Å². The monoisotopic (exact) mass is 247 g/mol. The molecule has 0 amide bonds. The third kappa shape index (κ3) is 2.58. The summed E-state index contributed by atoms with van der Waals surface area (Å²) in [4.78, 5) is 12.3. The number of oxazole rings is 1. The van der Waals surface area contributed by atoms with Crippen LogP contribution in [0.25, 0.3) is 0 Å². The van der Waals surface area contributed by atoms with E-state index < -0.39 is 0 Å². The zero-order valence-electron chi connectivity index (χ0n) is 10.6. The molecule has 0 fully saturated rings. The molecule has 2 aromatic rings. The average Bonchev–Trinajstić information content (AvgIpc) is 2.84. The smallest absolute Gasteiger partial charge is 0.213 e. The molecule has 0 atom stereocenters. The van der Waals surface area contributed by atoms with Gasteiger partial charge in [-0.15, -0.1) is 0 Å². The highest BCUT2D eigenvalue weighted by Crippen LogP contribution is 2.18. The molecule has 0 saturated heterocycles. The summed E-state index contributed by atoms with van der Waals surface area (Å²) in [6.45, 7) is 4.53. The molecule has 18 heavy (non-hydrogen) atoms. The largest absolute Gasteiger partial charge is 0.444 e. The summed E-state index contributed by atoms with van der Waals surface area (Å²) >= 11 is 0. The molecule has 0 aliphatic carbocycles. The predicted octanol–water partition coefficient (Wildman–Crippen LogP) is 1.78. The van der Waals surface area contributed by atoms with Crippen LogP contribution in [-0.4, -0.2) is 15.0 Å². The Balaban J connectivity index is 2.08. The quantitative estimate of drug-likeness (QED) is 0.837. The van der Waals surface area contributed by atoms with Crippen LogP contribution in [0.15, 0.2) is 16.9 Å². The molecule has 0 bridgehead atoms. The molecule has 0 spiro atoms. The summed E-state index contributed by atoms with van der Waals surface area (Å²) in [5.41, 5.74) is 6.71. The maximum atomic E-state index is 5.80. The van der Waals surface area contributed by atoms with Crippen LogP contribution in [0.4, 0.5) is 11.6 Å². The fourth-order valence-corrected chi connectivity index (χ4v) is 1.68. The van der Waals surface area contributed by atoms with Crippen LogP contribution in [0.1, 0.15) is 31.1 Å². The van der Waals surface area contributed by atoms with E-state index in [1.807, 2.05) is 13.8 Å². The summed E-state index contributed by atoms with van der Waals surface area (Å²) in [6.07, 6.45) is 4.81.